The van der Waals surface area contributed by atoms with Gasteiger partial charge in [-0.2, -0.15) is 0 Å². The average molecular weight is 313 g/mol. The van der Waals surface area contributed by atoms with E-state index in [0.717, 1.165) is 37.2 Å². The summed E-state index contributed by atoms with van der Waals surface area (Å²) in [5.41, 5.74) is 1.61. The molecular weight excluding hydrogens is 294 g/mol. The number of nitrogens with one attached hydrogen (secondary N) is 1. The molecule has 1 aromatic rings. The Bertz CT molecular complexity index is 683. The number of nitrogens with zero attached hydrogens (tertiary/aromatic N) is 2. The van der Waals surface area contributed by atoms with Crippen molar-refractivity contribution in [3.63, 3.8) is 0 Å². The van der Waals surface area contributed by atoms with E-state index < -0.39 is 6.04 Å². The van der Waals surface area contributed by atoms with E-state index >= 15 is 0 Å². The molecule has 0 bridgehead atoms. The van der Waals surface area contributed by atoms with E-state index in [1.54, 1.807) is 4.90 Å². The molecule has 23 heavy (non-hydrogen) atoms. The number of benzene rings is 1. The summed E-state index contributed by atoms with van der Waals surface area (Å²) in [6.45, 7) is 0.735. The second kappa shape index (κ2) is 5.37. The Kier molecular flexibility index (Phi) is 3.32. The molecule has 0 radical (unpaired) electrons. The number of imide groups is 1. The molecule has 1 aliphatic carbocycles. The van der Waals surface area contributed by atoms with Crippen LogP contribution in [0, 0.1) is 0 Å². The van der Waals surface area contributed by atoms with Crippen molar-refractivity contribution in [1.82, 2.24) is 4.90 Å². The molecule has 3 amide bonds. The normalized spacial score (nSPS) is 24.7. The van der Waals surface area contributed by atoms with Gasteiger partial charge < -0.3 is 10.2 Å². The van der Waals surface area contributed by atoms with Crippen LogP contribution >= 0.6 is 0 Å². The average Bonchev–Trinajstić information content (AvgIpc) is 3.20. The Hall–Kier alpha value is -2.37. The minimum absolute atomic E-state index is 0.0825. The molecule has 4 rings (SSSR count). The van der Waals surface area contributed by atoms with Crippen LogP contribution in [0.2, 0.25) is 0 Å². The highest BCUT2D eigenvalue weighted by molar-refractivity contribution is 6.07. The highest BCUT2D eigenvalue weighted by Gasteiger charge is 2.46. The number of hydrogen-bond donors (Lipinski definition) is 1. The third-order valence-electron chi connectivity index (χ3n) is 4.67. The van der Waals surface area contributed by atoms with E-state index in [2.05, 4.69) is 5.32 Å². The van der Waals surface area contributed by atoms with Crippen molar-refractivity contribution in [2.24, 2.45) is 0 Å². The lowest BCUT2D eigenvalue weighted by Gasteiger charge is -2.19. The van der Waals surface area contributed by atoms with E-state index in [9.17, 15) is 14.4 Å². The SMILES string of the molecule is O=C1CCCN1c1cccc(NC2CC(=O)N(C3CC3)C2=O)c1. The Morgan fingerprint density at radius 3 is 2.61 bits per heavy atom. The van der Waals surface area contributed by atoms with Gasteiger partial charge in [0, 0.05) is 30.4 Å². The summed E-state index contributed by atoms with van der Waals surface area (Å²) < 4.78 is 0. The van der Waals surface area contributed by atoms with Crippen LogP contribution in [0.4, 0.5) is 11.4 Å². The van der Waals surface area contributed by atoms with Crippen molar-refractivity contribution in [3.8, 4) is 0 Å². The Morgan fingerprint density at radius 1 is 1.09 bits per heavy atom. The van der Waals surface area contributed by atoms with Crippen LogP contribution in [-0.4, -0.2) is 41.2 Å². The van der Waals surface area contributed by atoms with Gasteiger partial charge in [0.1, 0.15) is 6.04 Å². The zero-order valence-electron chi connectivity index (χ0n) is 12.8. The largest absolute Gasteiger partial charge is 0.373 e. The maximum absolute atomic E-state index is 12.4. The maximum Gasteiger partial charge on any atom is 0.252 e. The standard InChI is InChI=1S/C17H19N3O3/c21-15-5-2-8-19(15)13-4-1-3-11(9-13)18-14-10-16(22)20(17(14)23)12-6-7-12/h1,3-4,9,12,14,18H,2,5-8,10H2. The van der Waals surface area contributed by atoms with Gasteiger partial charge in [0.25, 0.3) is 5.91 Å². The summed E-state index contributed by atoms with van der Waals surface area (Å²) in [7, 11) is 0. The minimum Gasteiger partial charge on any atom is -0.373 e. The lowest BCUT2D eigenvalue weighted by Crippen LogP contribution is -2.36. The first-order valence-corrected chi connectivity index (χ1v) is 8.16. The number of hydrogen-bond acceptors (Lipinski definition) is 4. The second-order valence-corrected chi connectivity index (χ2v) is 6.43. The van der Waals surface area contributed by atoms with Gasteiger partial charge in [-0.05, 0) is 37.5 Å². The van der Waals surface area contributed by atoms with Crippen molar-refractivity contribution >= 4 is 29.1 Å². The van der Waals surface area contributed by atoms with Crippen molar-refractivity contribution in [1.29, 1.82) is 0 Å². The minimum atomic E-state index is -0.493. The highest BCUT2D eigenvalue weighted by atomic mass is 16.2. The molecule has 0 spiro atoms. The highest BCUT2D eigenvalue weighted by Crippen LogP contribution is 2.32. The molecule has 1 saturated carbocycles. The fourth-order valence-corrected chi connectivity index (χ4v) is 3.37. The molecule has 6 nitrogen and oxygen atoms in total. The lowest BCUT2D eigenvalue weighted by atomic mass is 10.2. The lowest BCUT2D eigenvalue weighted by molar-refractivity contribution is -0.139. The van der Waals surface area contributed by atoms with Crippen molar-refractivity contribution in [3.05, 3.63) is 24.3 Å². The van der Waals surface area contributed by atoms with Crippen LogP contribution in [0.15, 0.2) is 24.3 Å². The zero-order chi connectivity index (χ0) is 16.0. The summed E-state index contributed by atoms with van der Waals surface area (Å²) in [4.78, 5) is 39.4. The van der Waals surface area contributed by atoms with E-state index in [0.29, 0.717) is 6.42 Å². The van der Waals surface area contributed by atoms with E-state index in [-0.39, 0.29) is 30.2 Å². The molecule has 1 N–H and O–H groups in total. The van der Waals surface area contributed by atoms with Crippen LogP contribution in [0.1, 0.15) is 32.1 Å². The van der Waals surface area contributed by atoms with Crippen LogP contribution < -0.4 is 10.2 Å². The Morgan fingerprint density at radius 2 is 1.91 bits per heavy atom. The van der Waals surface area contributed by atoms with Crippen LogP contribution in [-0.2, 0) is 14.4 Å². The van der Waals surface area contributed by atoms with Crippen molar-refractivity contribution in [2.45, 2.75) is 44.2 Å². The number of carbonyl (C=O) groups is 3. The number of likely N-dealkylation sites (tertiary alicyclic amines) is 1. The summed E-state index contributed by atoms with van der Waals surface area (Å²) in [5.74, 6) is -0.0739. The predicted molar refractivity (Wildman–Crippen MR) is 84.9 cm³/mol. The molecule has 0 aromatic heterocycles. The van der Waals surface area contributed by atoms with Gasteiger partial charge in [-0.15, -0.1) is 0 Å². The molecule has 1 unspecified atom stereocenters. The van der Waals surface area contributed by atoms with E-state index in [1.807, 2.05) is 24.3 Å². The van der Waals surface area contributed by atoms with E-state index in [1.165, 1.54) is 4.90 Å². The molecule has 6 heteroatoms. The molecule has 2 aliphatic heterocycles. The first kappa shape index (κ1) is 14.2. The fraction of sp³-hybridized carbons (Fsp3) is 0.471. The first-order valence-electron chi connectivity index (χ1n) is 8.16. The van der Waals surface area contributed by atoms with Gasteiger partial charge in [0.2, 0.25) is 11.8 Å². The monoisotopic (exact) mass is 313 g/mol. The van der Waals surface area contributed by atoms with E-state index in [4.69, 9.17) is 0 Å². The topological polar surface area (TPSA) is 69.7 Å². The smallest absolute Gasteiger partial charge is 0.252 e. The number of anilines is 2. The molecule has 3 aliphatic rings. The summed E-state index contributed by atoms with van der Waals surface area (Å²) in [5, 5.41) is 3.16. The van der Waals surface area contributed by atoms with Crippen LogP contribution in [0.5, 0.6) is 0 Å². The van der Waals surface area contributed by atoms with Gasteiger partial charge in [0.05, 0.1) is 6.42 Å². The third-order valence-corrected chi connectivity index (χ3v) is 4.67. The van der Waals surface area contributed by atoms with Gasteiger partial charge >= 0.3 is 0 Å². The number of carbonyl (C=O) groups excluding carboxylic acids is 3. The molecule has 120 valence electrons. The van der Waals surface area contributed by atoms with Gasteiger partial charge in [-0.25, -0.2) is 0 Å². The molecule has 2 heterocycles. The second-order valence-electron chi connectivity index (χ2n) is 6.43. The summed E-state index contributed by atoms with van der Waals surface area (Å²) in [6.07, 6.45) is 3.53. The van der Waals surface area contributed by atoms with Crippen molar-refractivity contribution in [2.75, 3.05) is 16.8 Å². The fourth-order valence-electron chi connectivity index (χ4n) is 3.37. The summed E-state index contributed by atoms with van der Waals surface area (Å²) >= 11 is 0. The number of amides is 3. The van der Waals surface area contributed by atoms with Gasteiger partial charge in [-0.3, -0.25) is 19.3 Å². The molecule has 1 atom stereocenters. The Labute approximate surface area is 134 Å². The zero-order valence-corrected chi connectivity index (χ0v) is 12.8. The van der Waals surface area contributed by atoms with Crippen LogP contribution in [0.25, 0.3) is 0 Å². The Balaban J connectivity index is 1.50. The first-order chi connectivity index (χ1) is 11.1. The molecule has 2 saturated heterocycles. The molecule has 3 fully saturated rings. The van der Waals surface area contributed by atoms with Gasteiger partial charge in [-0.1, -0.05) is 6.07 Å². The molecular formula is C17H19N3O3. The third kappa shape index (κ3) is 2.58. The summed E-state index contributed by atoms with van der Waals surface area (Å²) in [6, 6.07) is 7.13. The quantitative estimate of drug-likeness (QED) is 0.856. The molecule has 1 aromatic carbocycles. The predicted octanol–water partition coefficient (Wildman–Crippen LogP) is 1.52. The number of rotatable bonds is 4. The van der Waals surface area contributed by atoms with Gasteiger partial charge in [0.15, 0.2) is 0 Å². The van der Waals surface area contributed by atoms with Crippen molar-refractivity contribution < 1.29 is 14.4 Å². The maximum atomic E-state index is 12.4. The van der Waals surface area contributed by atoms with Crippen LogP contribution in [0.3, 0.4) is 0 Å².